The van der Waals surface area contributed by atoms with Crippen LogP contribution in [-0.2, 0) is 4.79 Å². The van der Waals surface area contributed by atoms with Crippen molar-refractivity contribution in [1.82, 2.24) is 25.4 Å². The lowest BCUT2D eigenvalue weighted by atomic mass is 9.92. The molecule has 1 atom stereocenters. The van der Waals surface area contributed by atoms with Gasteiger partial charge in [-0.05, 0) is 33.2 Å². The highest BCUT2D eigenvalue weighted by Crippen LogP contribution is 2.33. The van der Waals surface area contributed by atoms with Gasteiger partial charge in [0.25, 0.3) is 0 Å². The van der Waals surface area contributed by atoms with Crippen LogP contribution in [0.3, 0.4) is 0 Å². The van der Waals surface area contributed by atoms with Gasteiger partial charge in [-0.1, -0.05) is 10.3 Å². The van der Waals surface area contributed by atoms with Gasteiger partial charge in [0.2, 0.25) is 5.91 Å². The molecule has 1 amide bonds. The Morgan fingerprint density at radius 1 is 1.33 bits per heavy atom. The summed E-state index contributed by atoms with van der Waals surface area (Å²) in [6.07, 6.45) is 3.81. The zero-order valence-corrected chi connectivity index (χ0v) is 15.4. The van der Waals surface area contributed by atoms with Gasteiger partial charge in [0.15, 0.2) is 11.6 Å². The Hall–Kier alpha value is -2.94. The maximum atomic E-state index is 12.3. The first-order valence-electron chi connectivity index (χ1n) is 9.01. The molecule has 0 aliphatic carbocycles. The van der Waals surface area contributed by atoms with Crippen molar-refractivity contribution in [2.24, 2.45) is 0 Å². The van der Waals surface area contributed by atoms with Gasteiger partial charge in [-0.25, -0.2) is 0 Å². The number of aromatic nitrogens is 4. The Bertz CT molecular complexity index is 927. The summed E-state index contributed by atoms with van der Waals surface area (Å²) in [5.74, 6) is 1.98. The van der Waals surface area contributed by atoms with Crippen molar-refractivity contribution in [3.8, 4) is 11.3 Å². The van der Waals surface area contributed by atoms with Crippen LogP contribution >= 0.6 is 0 Å². The third-order valence-corrected chi connectivity index (χ3v) is 4.74. The lowest BCUT2D eigenvalue weighted by Crippen LogP contribution is -2.40. The molecule has 27 heavy (non-hydrogen) atoms. The summed E-state index contributed by atoms with van der Waals surface area (Å²) in [5, 5.41) is 17.8. The molecule has 142 valence electrons. The number of carbonyl (C=O) groups is 1. The number of amides is 1. The van der Waals surface area contributed by atoms with Crippen molar-refractivity contribution >= 4 is 11.7 Å². The van der Waals surface area contributed by atoms with Crippen molar-refractivity contribution in [2.45, 2.75) is 32.6 Å². The molecule has 2 N–H and O–H groups in total. The fraction of sp³-hybridized carbons (Fsp3) is 0.444. The first-order valence-corrected chi connectivity index (χ1v) is 9.01. The van der Waals surface area contributed by atoms with E-state index in [-0.39, 0.29) is 11.8 Å². The monoisotopic (exact) mass is 370 g/mol. The molecular weight excluding hydrogens is 348 g/mol. The number of anilines is 1. The van der Waals surface area contributed by atoms with Crippen LogP contribution in [0, 0.1) is 13.8 Å². The smallest absolute Gasteiger partial charge is 0.239 e. The molecule has 0 aromatic carbocycles. The number of nitrogens with one attached hydrogen (secondary N) is 2. The second-order valence-corrected chi connectivity index (χ2v) is 6.98. The molecule has 4 heterocycles. The minimum Gasteiger partial charge on any atom is -0.360 e. The van der Waals surface area contributed by atoms with E-state index in [1.54, 1.807) is 19.2 Å². The van der Waals surface area contributed by atoms with E-state index in [9.17, 15) is 4.79 Å². The third kappa shape index (κ3) is 3.92. The number of nitrogens with zero attached hydrogens (tertiary/aromatic N) is 4. The molecule has 9 heteroatoms. The van der Waals surface area contributed by atoms with Gasteiger partial charge < -0.3 is 14.4 Å². The molecular formula is C18H22N6O3. The summed E-state index contributed by atoms with van der Waals surface area (Å²) in [7, 11) is 0. The number of carbonyl (C=O) groups excluding carboxylic acids is 1. The van der Waals surface area contributed by atoms with E-state index in [0.717, 1.165) is 42.9 Å². The lowest BCUT2D eigenvalue weighted by molar-refractivity contribution is -0.117. The third-order valence-electron chi connectivity index (χ3n) is 4.74. The van der Waals surface area contributed by atoms with Crippen molar-refractivity contribution in [3.63, 3.8) is 0 Å². The number of rotatable bonds is 5. The van der Waals surface area contributed by atoms with Crippen LogP contribution in [0.15, 0.2) is 27.4 Å². The predicted octanol–water partition coefficient (Wildman–Crippen LogP) is 2.49. The van der Waals surface area contributed by atoms with Gasteiger partial charge in [0.1, 0.15) is 5.76 Å². The Labute approximate surface area is 156 Å². The van der Waals surface area contributed by atoms with Gasteiger partial charge in [0, 0.05) is 24.6 Å². The van der Waals surface area contributed by atoms with Gasteiger partial charge in [-0.2, -0.15) is 5.10 Å². The zero-order valence-electron chi connectivity index (χ0n) is 15.4. The average molecular weight is 370 g/mol. The summed E-state index contributed by atoms with van der Waals surface area (Å²) >= 11 is 0. The number of H-pyrrole nitrogens is 1. The largest absolute Gasteiger partial charge is 0.360 e. The number of likely N-dealkylation sites (tertiary alicyclic amines) is 1. The highest BCUT2D eigenvalue weighted by molar-refractivity contribution is 5.91. The number of aryl methyl sites for hydroxylation is 2. The van der Waals surface area contributed by atoms with E-state index in [4.69, 9.17) is 9.05 Å². The molecule has 1 saturated heterocycles. The van der Waals surface area contributed by atoms with Crippen LogP contribution in [0.1, 0.15) is 35.9 Å². The molecule has 1 unspecified atom stereocenters. The van der Waals surface area contributed by atoms with E-state index >= 15 is 0 Å². The second kappa shape index (κ2) is 7.36. The fourth-order valence-corrected chi connectivity index (χ4v) is 3.54. The number of hydrogen-bond donors (Lipinski definition) is 2. The SMILES string of the molecule is Cc1cc(-c2cn[nH]c2C2CCCN(CC(=O)Nc3cc(C)on3)C2)on1. The maximum Gasteiger partial charge on any atom is 0.239 e. The Morgan fingerprint density at radius 2 is 2.22 bits per heavy atom. The summed E-state index contributed by atoms with van der Waals surface area (Å²) in [6.45, 7) is 5.65. The molecule has 0 spiro atoms. The molecule has 1 fully saturated rings. The van der Waals surface area contributed by atoms with Crippen LogP contribution in [0.2, 0.25) is 0 Å². The number of piperidine rings is 1. The highest BCUT2D eigenvalue weighted by atomic mass is 16.5. The minimum absolute atomic E-state index is 0.0976. The van der Waals surface area contributed by atoms with Crippen molar-refractivity contribution in [1.29, 1.82) is 0 Å². The van der Waals surface area contributed by atoms with Crippen LogP contribution in [0.25, 0.3) is 11.3 Å². The highest BCUT2D eigenvalue weighted by Gasteiger charge is 2.27. The normalized spacial score (nSPS) is 17.9. The van der Waals surface area contributed by atoms with E-state index in [2.05, 4.69) is 30.7 Å². The molecule has 9 nitrogen and oxygen atoms in total. The fourth-order valence-electron chi connectivity index (χ4n) is 3.54. The molecule has 0 saturated carbocycles. The summed E-state index contributed by atoms with van der Waals surface area (Å²) < 4.78 is 10.4. The summed E-state index contributed by atoms with van der Waals surface area (Å²) in [6, 6.07) is 3.61. The quantitative estimate of drug-likeness (QED) is 0.709. The zero-order chi connectivity index (χ0) is 18.8. The van der Waals surface area contributed by atoms with Gasteiger partial charge in [0.05, 0.1) is 29.7 Å². The van der Waals surface area contributed by atoms with E-state index in [0.29, 0.717) is 23.9 Å². The lowest BCUT2D eigenvalue weighted by Gasteiger charge is -2.31. The maximum absolute atomic E-state index is 12.3. The molecule has 1 aliphatic rings. The predicted molar refractivity (Wildman–Crippen MR) is 97.1 cm³/mol. The van der Waals surface area contributed by atoms with E-state index < -0.39 is 0 Å². The summed E-state index contributed by atoms with van der Waals surface area (Å²) in [5.41, 5.74) is 2.80. The van der Waals surface area contributed by atoms with Crippen molar-refractivity contribution < 1.29 is 13.8 Å². The molecule has 0 radical (unpaired) electrons. The topological polar surface area (TPSA) is 113 Å². The summed E-state index contributed by atoms with van der Waals surface area (Å²) in [4.78, 5) is 14.4. The first kappa shape index (κ1) is 17.5. The van der Waals surface area contributed by atoms with Crippen LogP contribution in [0.4, 0.5) is 5.82 Å². The number of hydrogen-bond acceptors (Lipinski definition) is 7. The second-order valence-electron chi connectivity index (χ2n) is 6.98. The molecule has 4 rings (SSSR count). The van der Waals surface area contributed by atoms with Gasteiger partial charge in [-0.15, -0.1) is 0 Å². The van der Waals surface area contributed by atoms with Gasteiger partial charge >= 0.3 is 0 Å². The van der Waals surface area contributed by atoms with Crippen molar-refractivity contribution in [2.75, 3.05) is 25.0 Å². The minimum atomic E-state index is -0.0976. The van der Waals surface area contributed by atoms with Crippen molar-refractivity contribution in [3.05, 3.63) is 35.5 Å². The van der Waals surface area contributed by atoms with Crippen LogP contribution < -0.4 is 5.32 Å². The Morgan fingerprint density at radius 3 is 2.96 bits per heavy atom. The van der Waals surface area contributed by atoms with Gasteiger partial charge in [-0.3, -0.25) is 14.8 Å². The molecule has 3 aromatic heterocycles. The van der Waals surface area contributed by atoms with E-state index in [1.165, 1.54) is 0 Å². The molecule has 1 aliphatic heterocycles. The molecule has 0 bridgehead atoms. The Balaban J connectivity index is 1.41. The van der Waals surface area contributed by atoms with Crippen LogP contribution in [0.5, 0.6) is 0 Å². The van der Waals surface area contributed by atoms with E-state index in [1.807, 2.05) is 13.0 Å². The standard InChI is InChI=1S/C18H22N6O3/c1-11-6-15(27-22-11)14-8-19-21-18(14)13-4-3-5-24(9-13)10-17(25)20-16-7-12(2)26-23-16/h6-8,13H,3-5,9-10H2,1-2H3,(H,19,21)(H,20,23,25). The first-order chi connectivity index (χ1) is 13.1. The molecule has 3 aromatic rings. The number of aromatic amines is 1. The Kier molecular flexibility index (Phi) is 4.76. The van der Waals surface area contributed by atoms with Crippen LogP contribution in [-0.4, -0.2) is 51.0 Å². The average Bonchev–Trinajstić information content (AvgIpc) is 3.36.